The van der Waals surface area contributed by atoms with Crippen LogP contribution in [0.3, 0.4) is 0 Å². The van der Waals surface area contributed by atoms with Gasteiger partial charge in [-0.1, -0.05) is 172 Å². The highest BCUT2D eigenvalue weighted by atomic mass is 28.4. The molecule has 1 fully saturated rings. The normalized spacial score (nSPS) is 19.9. The highest BCUT2D eigenvalue weighted by Gasteiger charge is 2.53. The highest BCUT2D eigenvalue weighted by Crippen LogP contribution is 2.45. The Kier molecular flexibility index (Phi) is 12.7. The van der Waals surface area contributed by atoms with E-state index in [9.17, 15) is 5.11 Å². The van der Waals surface area contributed by atoms with Crippen molar-refractivity contribution < 1.29 is 28.5 Å². The Balaban J connectivity index is 1.28. The molecule has 7 rings (SSSR count). The van der Waals surface area contributed by atoms with Crippen LogP contribution in [-0.4, -0.2) is 37.8 Å². The maximum absolute atomic E-state index is 12.3. The van der Waals surface area contributed by atoms with Crippen molar-refractivity contribution in [3.05, 3.63) is 192 Å². The van der Waals surface area contributed by atoms with Gasteiger partial charge in [-0.15, -0.1) is 0 Å². The third-order valence-corrected chi connectivity index (χ3v) is 16.0. The Bertz CT molecular complexity index is 2100. The smallest absolute Gasteiger partial charge is 0.319 e. The Labute approximate surface area is 339 Å². The van der Waals surface area contributed by atoms with E-state index in [2.05, 4.69) is 93.6 Å². The van der Waals surface area contributed by atoms with E-state index in [1.54, 1.807) is 0 Å². The van der Waals surface area contributed by atoms with Gasteiger partial charge in [0.25, 0.3) is 0 Å². The molecule has 6 aromatic carbocycles. The van der Waals surface area contributed by atoms with Crippen LogP contribution in [-0.2, 0) is 38.8 Å². The molecule has 1 aliphatic heterocycles. The maximum atomic E-state index is 12.3. The van der Waals surface area contributed by atoms with Gasteiger partial charge < -0.3 is 28.5 Å². The van der Waals surface area contributed by atoms with Crippen LogP contribution in [0, 0.1) is 6.92 Å². The molecule has 0 radical (unpaired) electrons. The summed E-state index contributed by atoms with van der Waals surface area (Å²) in [5.41, 5.74) is 4.37. The first-order valence-electron chi connectivity index (χ1n) is 19.9. The summed E-state index contributed by atoms with van der Waals surface area (Å²) in [6.45, 7) is 11.8. The van der Waals surface area contributed by atoms with Crippen LogP contribution >= 0.6 is 0 Å². The lowest BCUT2D eigenvalue weighted by Crippen LogP contribution is -2.68. The van der Waals surface area contributed by atoms with Gasteiger partial charge in [-0.05, 0) is 58.1 Å². The Morgan fingerprint density at radius 3 is 1.39 bits per heavy atom. The van der Waals surface area contributed by atoms with Gasteiger partial charge in [-0.25, -0.2) is 0 Å². The lowest BCUT2D eigenvalue weighted by Gasteiger charge is -2.46. The summed E-state index contributed by atoms with van der Waals surface area (Å²) >= 11 is 0. The molecular weight excluding hydrogens is 725 g/mol. The van der Waals surface area contributed by atoms with Crippen LogP contribution in [0.1, 0.15) is 61.6 Å². The summed E-state index contributed by atoms with van der Waals surface area (Å²) in [6, 6.07) is 55.4. The SMILES string of the molecule is Cc1c(O[Si](c2ccccc2)(c2ccccc2)C(C)(C)C)ccc([C@H]2O[C@@H](C)[C@@H](OCc3ccccc3)[C@@H](OCc3ccccc3)[C@@H]2OCc2ccccc2)c1O. The van der Waals surface area contributed by atoms with Gasteiger partial charge in [0.05, 0.1) is 25.9 Å². The summed E-state index contributed by atoms with van der Waals surface area (Å²) in [7, 11) is -2.98. The van der Waals surface area contributed by atoms with Crippen molar-refractivity contribution in [3.63, 3.8) is 0 Å². The number of benzene rings is 6. The van der Waals surface area contributed by atoms with Gasteiger partial charge in [-0.3, -0.25) is 0 Å². The average Bonchev–Trinajstić information content (AvgIpc) is 3.24. The fraction of sp³-hybridized carbons (Fsp3) is 0.280. The molecule has 0 spiro atoms. The van der Waals surface area contributed by atoms with Gasteiger partial charge in [0.1, 0.15) is 35.9 Å². The number of rotatable bonds is 14. The zero-order chi connectivity index (χ0) is 39.8. The fourth-order valence-electron chi connectivity index (χ4n) is 8.02. The Morgan fingerprint density at radius 2 is 0.947 bits per heavy atom. The molecule has 0 bridgehead atoms. The number of phenolic OH excluding ortho intramolecular Hbond substituents is 1. The van der Waals surface area contributed by atoms with Gasteiger partial charge in [0, 0.05) is 11.1 Å². The van der Waals surface area contributed by atoms with Crippen LogP contribution in [0.2, 0.25) is 5.04 Å². The predicted octanol–water partition coefficient (Wildman–Crippen LogP) is 9.86. The molecule has 57 heavy (non-hydrogen) atoms. The van der Waals surface area contributed by atoms with Crippen LogP contribution in [0.25, 0.3) is 0 Å². The quantitative estimate of drug-likeness (QED) is 0.111. The summed E-state index contributed by atoms with van der Waals surface area (Å²) < 4.78 is 34.7. The van der Waals surface area contributed by atoms with E-state index in [4.69, 9.17) is 23.4 Å². The van der Waals surface area contributed by atoms with E-state index in [1.807, 2.05) is 105 Å². The van der Waals surface area contributed by atoms with Crippen molar-refractivity contribution in [2.75, 3.05) is 0 Å². The molecule has 0 unspecified atom stereocenters. The zero-order valence-electron chi connectivity index (χ0n) is 33.6. The second-order valence-electron chi connectivity index (χ2n) is 15.9. The highest BCUT2D eigenvalue weighted by molar-refractivity contribution is 7.00. The molecule has 1 saturated heterocycles. The van der Waals surface area contributed by atoms with Crippen molar-refractivity contribution in [2.24, 2.45) is 0 Å². The lowest BCUT2D eigenvalue weighted by molar-refractivity contribution is -0.264. The summed E-state index contributed by atoms with van der Waals surface area (Å²) in [6.07, 6.45) is -2.73. The summed E-state index contributed by atoms with van der Waals surface area (Å²) in [5.74, 6) is 0.749. The van der Waals surface area contributed by atoms with Gasteiger partial charge in [0.2, 0.25) is 0 Å². The third kappa shape index (κ3) is 8.94. The second-order valence-corrected chi connectivity index (χ2v) is 20.2. The molecule has 0 aliphatic carbocycles. The molecule has 6 nitrogen and oxygen atoms in total. The average molecular weight is 779 g/mol. The molecule has 5 atom stereocenters. The van der Waals surface area contributed by atoms with E-state index in [-0.39, 0.29) is 10.8 Å². The van der Waals surface area contributed by atoms with Crippen molar-refractivity contribution in [1.29, 1.82) is 0 Å². The van der Waals surface area contributed by atoms with E-state index < -0.39 is 38.8 Å². The van der Waals surface area contributed by atoms with Gasteiger partial charge >= 0.3 is 8.32 Å². The molecule has 0 aromatic heterocycles. The molecule has 1 aliphatic rings. The summed E-state index contributed by atoms with van der Waals surface area (Å²) in [5, 5.41) is 14.4. The standard InChI is InChI=1S/C50H54O6Si/c1-36-44(56-57(50(3,4)5,41-27-17-9-18-28-41)42-29-19-10-20-30-42)32-31-43(45(36)51)47-49(54-35-40-25-15-8-16-26-40)48(53-34-39-23-13-7-14-24-39)46(37(2)55-47)52-33-38-21-11-6-12-22-38/h6-32,37,46-49,51H,33-35H2,1-5H3/t37-,46+,47+,48+,49+/m0/s1. The van der Waals surface area contributed by atoms with Crippen molar-refractivity contribution in [2.45, 2.75) is 90.0 Å². The van der Waals surface area contributed by atoms with E-state index >= 15 is 0 Å². The predicted molar refractivity (Wildman–Crippen MR) is 229 cm³/mol. The largest absolute Gasteiger partial charge is 0.534 e. The second kappa shape index (κ2) is 18.1. The number of phenols is 1. The number of aromatic hydroxyl groups is 1. The summed E-state index contributed by atoms with van der Waals surface area (Å²) in [4.78, 5) is 0. The topological polar surface area (TPSA) is 66.4 Å². The van der Waals surface area contributed by atoms with Gasteiger partial charge in [0.15, 0.2) is 0 Å². The molecule has 0 saturated carbocycles. The van der Waals surface area contributed by atoms with Crippen LogP contribution in [0.4, 0.5) is 0 Å². The third-order valence-electron chi connectivity index (χ3n) is 11.0. The van der Waals surface area contributed by atoms with E-state index in [0.717, 1.165) is 27.1 Å². The van der Waals surface area contributed by atoms with Crippen LogP contribution in [0.15, 0.2) is 164 Å². The first kappa shape index (κ1) is 40.2. The number of ether oxygens (including phenoxy) is 4. The lowest BCUT2D eigenvalue weighted by atomic mass is 9.89. The Hall–Kier alpha value is -5.02. The van der Waals surface area contributed by atoms with Crippen LogP contribution < -0.4 is 14.8 Å². The van der Waals surface area contributed by atoms with Crippen molar-refractivity contribution in [3.8, 4) is 11.5 Å². The molecular formula is C50H54O6Si. The fourth-order valence-corrected chi connectivity index (χ4v) is 12.5. The molecule has 1 N–H and O–H groups in total. The molecule has 294 valence electrons. The molecule has 1 heterocycles. The first-order valence-corrected chi connectivity index (χ1v) is 21.8. The van der Waals surface area contributed by atoms with Crippen molar-refractivity contribution >= 4 is 18.7 Å². The maximum Gasteiger partial charge on any atom is 0.319 e. The minimum Gasteiger partial charge on any atom is -0.534 e. The van der Waals surface area contributed by atoms with Crippen molar-refractivity contribution in [1.82, 2.24) is 0 Å². The first-order chi connectivity index (χ1) is 27.7. The minimum absolute atomic E-state index is 0.112. The van der Waals surface area contributed by atoms with E-state index in [1.165, 1.54) is 0 Å². The number of hydrogen-bond donors (Lipinski definition) is 1. The van der Waals surface area contributed by atoms with Crippen LogP contribution in [0.5, 0.6) is 11.5 Å². The van der Waals surface area contributed by atoms with E-state index in [0.29, 0.717) is 36.7 Å². The monoisotopic (exact) mass is 778 g/mol. The number of hydrogen-bond acceptors (Lipinski definition) is 6. The molecule has 0 amide bonds. The zero-order valence-corrected chi connectivity index (χ0v) is 34.6. The minimum atomic E-state index is -2.98. The Morgan fingerprint density at radius 1 is 0.544 bits per heavy atom. The molecule has 6 aromatic rings. The molecule has 7 heteroatoms. The van der Waals surface area contributed by atoms with Gasteiger partial charge in [-0.2, -0.15) is 0 Å².